The third kappa shape index (κ3) is 9.55. The van der Waals surface area contributed by atoms with E-state index in [1.54, 1.807) is 0 Å². The van der Waals surface area contributed by atoms with Crippen LogP contribution in [0.3, 0.4) is 0 Å². The van der Waals surface area contributed by atoms with Crippen molar-refractivity contribution in [2.45, 2.75) is 59.0 Å². The van der Waals surface area contributed by atoms with Gasteiger partial charge in [-0.05, 0) is 64.2 Å². The first-order chi connectivity index (χ1) is 10.8. The molecular formula is C18H27NO4. The van der Waals surface area contributed by atoms with Crippen molar-refractivity contribution in [3.63, 3.8) is 0 Å². The van der Waals surface area contributed by atoms with Crippen LogP contribution in [0, 0.1) is 0 Å². The number of hydrogen-bond acceptors (Lipinski definition) is 4. The number of carbonyl (C=O) groups excluding carboxylic acids is 2. The van der Waals surface area contributed by atoms with E-state index in [2.05, 4.69) is 5.32 Å². The molecule has 1 rings (SSSR count). The van der Waals surface area contributed by atoms with Crippen molar-refractivity contribution in [3.05, 3.63) is 29.8 Å². The summed E-state index contributed by atoms with van der Waals surface area (Å²) in [5.74, 6) is -0.231. The molecule has 0 aliphatic carbocycles. The van der Waals surface area contributed by atoms with Gasteiger partial charge in [-0.3, -0.25) is 10.1 Å². The molecule has 1 N–H and O–H groups in total. The van der Waals surface area contributed by atoms with Crippen LogP contribution >= 0.6 is 0 Å². The summed E-state index contributed by atoms with van der Waals surface area (Å²) in [6.45, 7) is 7.40. The molecule has 0 bridgehead atoms. The number of carbonyl (C=O) groups is 2. The van der Waals surface area contributed by atoms with E-state index in [9.17, 15) is 9.59 Å². The molecule has 0 fully saturated rings. The highest BCUT2D eigenvalue weighted by Crippen LogP contribution is 2.15. The SMILES string of the molecule is CC(=O)OCCCCCc1cccc(NC(=O)OC(C)(C)C)c1. The average molecular weight is 321 g/mol. The second-order valence-corrected chi connectivity index (χ2v) is 6.48. The van der Waals surface area contributed by atoms with Crippen molar-refractivity contribution in [3.8, 4) is 0 Å². The van der Waals surface area contributed by atoms with E-state index in [-0.39, 0.29) is 5.97 Å². The number of esters is 1. The highest BCUT2D eigenvalue weighted by Gasteiger charge is 2.16. The van der Waals surface area contributed by atoms with Gasteiger partial charge in [0.05, 0.1) is 6.61 Å². The molecule has 23 heavy (non-hydrogen) atoms. The van der Waals surface area contributed by atoms with Crippen molar-refractivity contribution < 1.29 is 19.1 Å². The monoisotopic (exact) mass is 321 g/mol. The fourth-order valence-electron chi connectivity index (χ4n) is 2.05. The van der Waals surface area contributed by atoms with Crippen molar-refractivity contribution in [2.24, 2.45) is 0 Å². The summed E-state index contributed by atoms with van der Waals surface area (Å²) in [6, 6.07) is 7.75. The van der Waals surface area contributed by atoms with Gasteiger partial charge in [0.15, 0.2) is 0 Å². The number of hydrogen-bond donors (Lipinski definition) is 1. The minimum absolute atomic E-state index is 0.231. The molecule has 1 aromatic rings. The number of anilines is 1. The summed E-state index contributed by atoms with van der Waals surface area (Å²) in [7, 11) is 0. The lowest BCUT2D eigenvalue weighted by Gasteiger charge is -2.19. The van der Waals surface area contributed by atoms with Gasteiger partial charge < -0.3 is 9.47 Å². The highest BCUT2D eigenvalue weighted by atomic mass is 16.6. The molecule has 5 heteroatoms. The Labute approximate surface area is 138 Å². The molecular weight excluding hydrogens is 294 g/mol. The summed E-state index contributed by atoms with van der Waals surface area (Å²) in [6.07, 6.45) is 3.35. The zero-order valence-electron chi connectivity index (χ0n) is 14.5. The van der Waals surface area contributed by atoms with Gasteiger partial charge in [0.25, 0.3) is 0 Å². The van der Waals surface area contributed by atoms with Crippen molar-refractivity contribution in [1.82, 2.24) is 0 Å². The molecule has 0 aliphatic rings. The number of ether oxygens (including phenoxy) is 2. The maximum absolute atomic E-state index is 11.8. The summed E-state index contributed by atoms with van der Waals surface area (Å²) >= 11 is 0. The third-order valence-corrected chi connectivity index (χ3v) is 2.99. The minimum atomic E-state index is -0.510. The highest BCUT2D eigenvalue weighted by molar-refractivity contribution is 5.84. The van der Waals surface area contributed by atoms with E-state index in [1.165, 1.54) is 6.92 Å². The third-order valence-electron chi connectivity index (χ3n) is 2.99. The Kier molecular flexibility index (Phi) is 7.59. The van der Waals surface area contributed by atoms with Crippen molar-refractivity contribution >= 4 is 17.7 Å². The topological polar surface area (TPSA) is 64.6 Å². The lowest BCUT2D eigenvalue weighted by atomic mass is 10.1. The number of unbranched alkanes of at least 4 members (excludes halogenated alkanes) is 2. The van der Waals surface area contributed by atoms with Crippen molar-refractivity contribution in [2.75, 3.05) is 11.9 Å². The van der Waals surface area contributed by atoms with E-state index in [1.807, 2.05) is 45.0 Å². The first kappa shape index (κ1) is 19.0. The lowest BCUT2D eigenvalue weighted by molar-refractivity contribution is -0.141. The predicted octanol–water partition coefficient (Wildman–Crippen LogP) is 4.31. The van der Waals surface area contributed by atoms with Crippen LogP contribution in [-0.2, 0) is 20.7 Å². The van der Waals surface area contributed by atoms with Crippen LogP contribution in [0.5, 0.6) is 0 Å². The maximum Gasteiger partial charge on any atom is 0.412 e. The van der Waals surface area contributed by atoms with Gasteiger partial charge in [0.1, 0.15) is 5.60 Å². The lowest BCUT2D eigenvalue weighted by Crippen LogP contribution is -2.27. The average Bonchev–Trinajstić information content (AvgIpc) is 2.40. The van der Waals surface area contributed by atoms with Crippen LogP contribution in [0.2, 0.25) is 0 Å². The van der Waals surface area contributed by atoms with E-state index < -0.39 is 11.7 Å². The smallest absolute Gasteiger partial charge is 0.412 e. The number of nitrogens with one attached hydrogen (secondary N) is 1. The molecule has 0 atom stereocenters. The molecule has 1 amide bonds. The Hall–Kier alpha value is -2.04. The van der Waals surface area contributed by atoms with Gasteiger partial charge >= 0.3 is 12.1 Å². The molecule has 1 aromatic carbocycles. The molecule has 0 radical (unpaired) electrons. The first-order valence-electron chi connectivity index (χ1n) is 7.98. The van der Waals surface area contributed by atoms with Gasteiger partial charge in [-0.25, -0.2) is 4.79 Å². The molecule has 0 heterocycles. The Bertz CT molecular complexity index is 520. The van der Waals surface area contributed by atoms with E-state index in [0.29, 0.717) is 6.61 Å². The largest absolute Gasteiger partial charge is 0.466 e. The molecule has 0 aromatic heterocycles. The molecule has 0 saturated carbocycles. The minimum Gasteiger partial charge on any atom is -0.466 e. The van der Waals surface area contributed by atoms with Crippen molar-refractivity contribution in [1.29, 1.82) is 0 Å². The summed E-state index contributed by atoms with van der Waals surface area (Å²) < 4.78 is 10.1. The molecule has 0 unspecified atom stereocenters. The Morgan fingerprint density at radius 3 is 2.52 bits per heavy atom. The van der Waals surface area contributed by atoms with Crippen LogP contribution < -0.4 is 5.32 Å². The zero-order valence-corrected chi connectivity index (χ0v) is 14.5. The number of aryl methyl sites for hydroxylation is 1. The van der Waals surface area contributed by atoms with Crippen LogP contribution in [0.4, 0.5) is 10.5 Å². The first-order valence-corrected chi connectivity index (χ1v) is 7.98. The van der Waals surface area contributed by atoms with E-state index in [4.69, 9.17) is 9.47 Å². The quantitative estimate of drug-likeness (QED) is 0.600. The van der Waals surface area contributed by atoms with Gasteiger partial charge in [0.2, 0.25) is 0 Å². The second-order valence-electron chi connectivity index (χ2n) is 6.48. The molecule has 5 nitrogen and oxygen atoms in total. The number of amides is 1. The van der Waals surface area contributed by atoms with Crippen LogP contribution in [0.25, 0.3) is 0 Å². The zero-order chi connectivity index (χ0) is 17.3. The van der Waals surface area contributed by atoms with Crippen LogP contribution in [0.1, 0.15) is 52.5 Å². The maximum atomic E-state index is 11.8. The van der Waals surface area contributed by atoms with Crippen LogP contribution in [0.15, 0.2) is 24.3 Å². The van der Waals surface area contributed by atoms with Gasteiger partial charge in [-0.15, -0.1) is 0 Å². The molecule has 0 saturated heterocycles. The van der Waals surface area contributed by atoms with Gasteiger partial charge in [-0.1, -0.05) is 12.1 Å². The fourth-order valence-corrected chi connectivity index (χ4v) is 2.05. The van der Waals surface area contributed by atoms with Gasteiger partial charge in [0, 0.05) is 12.6 Å². The summed E-state index contributed by atoms with van der Waals surface area (Å²) in [4.78, 5) is 22.4. The number of rotatable bonds is 7. The summed E-state index contributed by atoms with van der Waals surface area (Å²) in [5, 5.41) is 2.74. The normalized spacial score (nSPS) is 11.0. The Balaban J connectivity index is 2.36. The number of benzene rings is 1. The predicted molar refractivity (Wildman–Crippen MR) is 90.5 cm³/mol. The second kappa shape index (κ2) is 9.18. The fraction of sp³-hybridized carbons (Fsp3) is 0.556. The van der Waals surface area contributed by atoms with Gasteiger partial charge in [-0.2, -0.15) is 0 Å². The summed E-state index contributed by atoms with van der Waals surface area (Å²) in [5.41, 5.74) is 1.38. The molecule has 0 spiro atoms. The standard InChI is InChI=1S/C18H27NO4/c1-14(20)22-12-7-5-6-9-15-10-8-11-16(13-15)19-17(21)23-18(2,3)4/h8,10-11,13H,5-7,9,12H2,1-4H3,(H,19,21). The Morgan fingerprint density at radius 1 is 1.13 bits per heavy atom. The van der Waals surface area contributed by atoms with E-state index in [0.717, 1.165) is 36.9 Å². The Morgan fingerprint density at radius 2 is 1.87 bits per heavy atom. The van der Waals surface area contributed by atoms with E-state index >= 15 is 0 Å². The molecule has 128 valence electrons. The molecule has 0 aliphatic heterocycles. The van der Waals surface area contributed by atoms with Crippen LogP contribution in [-0.4, -0.2) is 24.3 Å².